The second-order valence-corrected chi connectivity index (χ2v) is 6.34. The first-order valence-corrected chi connectivity index (χ1v) is 9.32. The molecule has 0 aliphatic heterocycles. The number of ether oxygens (including phenoxy) is 2. The molecular formula is C23H25NO3. The van der Waals surface area contributed by atoms with Gasteiger partial charge in [-0.2, -0.15) is 0 Å². The quantitative estimate of drug-likeness (QED) is 0.605. The van der Waals surface area contributed by atoms with E-state index >= 15 is 0 Å². The van der Waals surface area contributed by atoms with E-state index in [0.717, 1.165) is 34.3 Å². The zero-order chi connectivity index (χ0) is 19.1. The lowest BCUT2D eigenvalue weighted by Gasteiger charge is -2.17. The first-order chi connectivity index (χ1) is 13.2. The fourth-order valence-corrected chi connectivity index (χ4v) is 2.96. The molecule has 1 amide bonds. The third-order valence-electron chi connectivity index (χ3n) is 4.43. The van der Waals surface area contributed by atoms with Crippen LogP contribution in [0, 0.1) is 0 Å². The lowest BCUT2D eigenvalue weighted by molar-refractivity contribution is -0.127. The highest BCUT2D eigenvalue weighted by Crippen LogP contribution is 2.25. The summed E-state index contributed by atoms with van der Waals surface area (Å²) < 4.78 is 11.7. The molecule has 0 fully saturated rings. The number of carbonyl (C=O) groups excluding carboxylic acids is 1. The first-order valence-electron chi connectivity index (χ1n) is 9.32. The number of hydrogen-bond donors (Lipinski definition) is 1. The highest BCUT2D eigenvalue weighted by atomic mass is 16.5. The molecule has 0 aromatic heterocycles. The van der Waals surface area contributed by atoms with Crippen LogP contribution in [0.3, 0.4) is 0 Å². The van der Waals surface area contributed by atoms with Gasteiger partial charge in [0.2, 0.25) is 0 Å². The molecule has 0 radical (unpaired) electrons. The Morgan fingerprint density at radius 2 is 1.67 bits per heavy atom. The third kappa shape index (κ3) is 4.79. The van der Waals surface area contributed by atoms with E-state index in [2.05, 4.69) is 24.4 Å². The van der Waals surface area contributed by atoms with Gasteiger partial charge in [0.25, 0.3) is 5.91 Å². The van der Waals surface area contributed by atoms with Crippen LogP contribution in [0.15, 0.2) is 66.7 Å². The van der Waals surface area contributed by atoms with Crippen molar-refractivity contribution in [3.05, 3.63) is 72.3 Å². The van der Waals surface area contributed by atoms with Crippen LogP contribution in [-0.2, 0) is 11.2 Å². The zero-order valence-corrected chi connectivity index (χ0v) is 15.8. The van der Waals surface area contributed by atoms with Gasteiger partial charge in [0, 0.05) is 5.39 Å². The maximum atomic E-state index is 12.3. The summed E-state index contributed by atoms with van der Waals surface area (Å²) in [6, 6.07) is 21.8. The molecule has 0 aliphatic rings. The Balaban J connectivity index is 1.49. The monoisotopic (exact) mass is 363 g/mol. The molecule has 27 heavy (non-hydrogen) atoms. The van der Waals surface area contributed by atoms with E-state index < -0.39 is 6.10 Å². The van der Waals surface area contributed by atoms with Crippen molar-refractivity contribution in [2.75, 3.05) is 13.2 Å². The third-order valence-corrected chi connectivity index (χ3v) is 4.43. The molecule has 1 atom stereocenters. The summed E-state index contributed by atoms with van der Waals surface area (Å²) in [4.78, 5) is 12.3. The van der Waals surface area contributed by atoms with Crippen molar-refractivity contribution in [1.29, 1.82) is 0 Å². The van der Waals surface area contributed by atoms with Gasteiger partial charge in [0.15, 0.2) is 6.10 Å². The highest BCUT2D eigenvalue weighted by Gasteiger charge is 2.15. The molecule has 4 heteroatoms. The number of hydrogen-bond acceptors (Lipinski definition) is 3. The Bertz CT molecular complexity index is 902. The number of nitrogens with one attached hydrogen (secondary N) is 1. The standard InChI is InChI=1S/C23H25NO3/c1-3-18-9-5-7-13-21(18)27-17(2)23(25)24-15-16-26-22-14-8-11-19-10-4-6-12-20(19)22/h4-14,17H,3,15-16H2,1-2H3,(H,24,25). The van der Waals surface area contributed by atoms with Crippen molar-refractivity contribution in [2.45, 2.75) is 26.4 Å². The Morgan fingerprint density at radius 1 is 0.963 bits per heavy atom. The molecule has 3 rings (SSSR count). The maximum Gasteiger partial charge on any atom is 0.260 e. The van der Waals surface area contributed by atoms with Gasteiger partial charge in [-0.05, 0) is 36.4 Å². The Labute approximate surface area is 160 Å². The molecule has 0 heterocycles. The number of para-hydroxylation sites is 1. The van der Waals surface area contributed by atoms with E-state index in [9.17, 15) is 4.79 Å². The molecule has 0 saturated heterocycles. The minimum Gasteiger partial charge on any atom is -0.491 e. The van der Waals surface area contributed by atoms with Crippen LogP contribution in [-0.4, -0.2) is 25.2 Å². The summed E-state index contributed by atoms with van der Waals surface area (Å²) in [5, 5.41) is 5.07. The number of carbonyl (C=O) groups is 1. The topological polar surface area (TPSA) is 47.6 Å². The SMILES string of the molecule is CCc1ccccc1OC(C)C(=O)NCCOc1cccc2ccccc12. The van der Waals surface area contributed by atoms with E-state index in [4.69, 9.17) is 9.47 Å². The fourth-order valence-electron chi connectivity index (χ4n) is 2.96. The van der Waals surface area contributed by atoms with E-state index in [1.54, 1.807) is 6.92 Å². The molecular weight excluding hydrogens is 338 g/mol. The minimum atomic E-state index is -0.560. The maximum absolute atomic E-state index is 12.3. The van der Waals surface area contributed by atoms with E-state index in [-0.39, 0.29) is 5.91 Å². The van der Waals surface area contributed by atoms with Crippen LogP contribution < -0.4 is 14.8 Å². The van der Waals surface area contributed by atoms with Crippen molar-refractivity contribution in [3.63, 3.8) is 0 Å². The molecule has 0 aliphatic carbocycles. The smallest absolute Gasteiger partial charge is 0.260 e. The van der Waals surface area contributed by atoms with Crippen molar-refractivity contribution in [1.82, 2.24) is 5.32 Å². The Kier molecular flexibility index (Phi) is 6.31. The van der Waals surface area contributed by atoms with Gasteiger partial charge in [-0.25, -0.2) is 0 Å². The van der Waals surface area contributed by atoms with Crippen LogP contribution in [0.25, 0.3) is 10.8 Å². The second kappa shape index (κ2) is 9.08. The fraction of sp³-hybridized carbons (Fsp3) is 0.261. The molecule has 0 saturated carbocycles. The normalized spacial score (nSPS) is 11.8. The summed E-state index contributed by atoms with van der Waals surface area (Å²) in [6.07, 6.45) is 0.305. The minimum absolute atomic E-state index is 0.151. The lowest BCUT2D eigenvalue weighted by atomic mass is 10.1. The highest BCUT2D eigenvalue weighted by molar-refractivity contribution is 5.88. The van der Waals surface area contributed by atoms with Gasteiger partial charge in [0.1, 0.15) is 18.1 Å². The average molecular weight is 363 g/mol. The van der Waals surface area contributed by atoms with Crippen LogP contribution in [0.2, 0.25) is 0 Å². The first kappa shape index (κ1) is 18.8. The Hall–Kier alpha value is -3.01. The van der Waals surface area contributed by atoms with E-state index in [1.165, 1.54) is 0 Å². The molecule has 0 spiro atoms. The molecule has 1 unspecified atom stereocenters. The average Bonchev–Trinajstić information content (AvgIpc) is 2.71. The number of benzene rings is 3. The molecule has 4 nitrogen and oxygen atoms in total. The van der Waals surface area contributed by atoms with Gasteiger partial charge < -0.3 is 14.8 Å². The van der Waals surface area contributed by atoms with Crippen LogP contribution in [0.5, 0.6) is 11.5 Å². The largest absolute Gasteiger partial charge is 0.491 e. The number of fused-ring (bicyclic) bond motifs is 1. The number of amides is 1. The molecule has 1 N–H and O–H groups in total. The zero-order valence-electron chi connectivity index (χ0n) is 15.8. The van der Waals surface area contributed by atoms with Crippen LogP contribution >= 0.6 is 0 Å². The van der Waals surface area contributed by atoms with Gasteiger partial charge in [0.05, 0.1) is 6.54 Å². The summed E-state index contributed by atoms with van der Waals surface area (Å²) in [5.41, 5.74) is 1.09. The molecule has 0 bridgehead atoms. The predicted molar refractivity (Wildman–Crippen MR) is 108 cm³/mol. The molecule has 3 aromatic rings. The van der Waals surface area contributed by atoms with Gasteiger partial charge in [-0.15, -0.1) is 0 Å². The van der Waals surface area contributed by atoms with Crippen molar-refractivity contribution >= 4 is 16.7 Å². The summed E-state index contributed by atoms with van der Waals surface area (Å²) >= 11 is 0. The number of aryl methyl sites for hydroxylation is 1. The molecule has 3 aromatic carbocycles. The van der Waals surface area contributed by atoms with E-state index in [0.29, 0.717) is 13.2 Å². The number of rotatable bonds is 8. The van der Waals surface area contributed by atoms with Gasteiger partial charge >= 0.3 is 0 Å². The van der Waals surface area contributed by atoms with Crippen molar-refractivity contribution in [3.8, 4) is 11.5 Å². The Morgan fingerprint density at radius 3 is 2.52 bits per heavy atom. The van der Waals surface area contributed by atoms with Gasteiger partial charge in [-0.3, -0.25) is 4.79 Å². The van der Waals surface area contributed by atoms with Crippen molar-refractivity contribution in [2.24, 2.45) is 0 Å². The summed E-state index contributed by atoms with van der Waals surface area (Å²) in [6.45, 7) is 4.65. The van der Waals surface area contributed by atoms with Crippen LogP contribution in [0.4, 0.5) is 0 Å². The second-order valence-electron chi connectivity index (χ2n) is 6.34. The predicted octanol–water partition coefficient (Wildman–Crippen LogP) is 4.36. The van der Waals surface area contributed by atoms with Crippen LogP contribution in [0.1, 0.15) is 19.4 Å². The summed E-state index contributed by atoms with van der Waals surface area (Å²) in [7, 11) is 0. The van der Waals surface area contributed by atoms with E-state index in [1.807, 2.05) is 54.6 Å². The summed E-state index contributed by atoms with van der Waals surface area (Å²) in [5.74, 6) is 1.43. The van der Waals surface area contributed by atoms with Crippen molar-refractivity contribution < 1.29 is 14.3 Å². The lowest BCUT2D eigenvalue weighted by Crippen LogP contribution is -2.38. The molecule has 140 valence electrons. The van der Waals surface area contributed by atoms with Gasteiger partial charge in [-0.1, -0.05) is 61.5 Å².